The molecule has 2 N–H and O–H groups in total. The number of unbranched alkanes of at least 4 members (excludes halogenated alkanes) is 1. The molecule has 19 heavy (non-hydrogen) atoms. The first-order chi connectivity index (χ1) is 9.08. The van der Waals surface area contributed by atoms with E-state index in [0.717, 1.165) is 18.9 Å². The van der Waals surface area contributed by atoms with Gasteiger partial charge >= 0.3 is 0 Å². The third-order valence-electron chi connectivity index (χ3n) is 3.85. The van der Waals surface area contributed by atoms with Crippen LogP contribution in [0.3, 0.4) is 0 Å². The monoisotopic (exact) mass is 265 g/mol. The lowest BCUT2D eigenvalue weighted by Crippen LogP contribution is -2.19. The molecule has 2 atom stereocenters. The first-order valence-electron chi connectivity index (χ1n) is 7.84. The maximum absolute atomic E-state index is 6.30. The molecular formula is C16H31N3. The fourth-order valence-electron chi connectivity index (χ4n) is 2.62. The molecule has 0 aliphatic rings. The van der Waals surface area contributed by atoms with E-state index in [0.29, 0.717) is 5.92 Å². The van der Waals surface area contributed by atoms with Gasteiger partial charge in [-0.2, -0.15) is 0 Å². The van der Waals surface area contributed by atoms with Crippen LogP contribution >= 0.6 is 0 Å². The van der Waals surface area contributed by atoms with Gasteiger partial charge in [-0.15, -0.1) is 0 Å². The van der Waals surface area contributed by atoms with Crippen molar-refractivity contribution in [2.24, 2.45) is 17.6 Å². The molecule has 1 rings (SSSR count). The molecule has 1 aromatic rings. The number of nitrogens with two attached hydrogens (primary N) is 1. The van der Waals surface area contributed by atoms with Crippen molar-refractivity contribution in [2.75, 3.05) is 0 Å². The second kappa shape index (κ2) is 8.36. The van der Waals surface area contributed by atoms with Crippen LogP contribution < -0.4 is 5.73 Å². The molecule has 0 radical (unpaired) electrons. The third kappa shape index (κ3) is 5.35. The molecule has 0 amide bonds. The Hall–Kier alpha value is -0.830. The Labute approximate surface area is 118 Å². The van der Waals surface area contributed by atoms with Crippen molar-refractivity contribution < 1.29 is 0 Å². The van der Waals surface area contributed by atoms with Crippen molar-refractivity contribution in [1.82, 2.24) is 9.55 Å². The van der Waals surface area contributed by atoms with E-state index in [1.807, 2.05) is 12.5 Å². The van der Waals surface area contributed by atoms with E-state index in [1.165, 1.54) is 31.4 Å². The van der Waals surface area contributed by atoms with E-state index in [9.17, 15) is 0 Å². The molecule has 110 valence electrons. The predicted octanol–water partition coefficient (Wildman–Crippen LogP) is 4.15. The van der Waals surface area contributed by atoms with Gasteiger partial charge in [0.2, 0.25) is 0 Å². The van der Waals surface area contributed by atoms with Gasteiger partial charge in [-0.25, -0.2) is 4.98 Å². The van der Waals surface area contributed by atoms with E-state index in [4.69, 9.17) is 5.73 Å². The molecule has 3 nitrogen and oxygen atoms in total. The Balaban J connectivity index is 2.65. The lowest BCUT2D eigenvalue weighted by molar-refractivity contribution is 0.376. The van der Waals surface area contributed by atoms with Crippen LogP contribution in [0.5, 0.6) is 0 Å². The zero-order chi connectivity index (χ0) is 14.3. The fraction of sp³-hybridized carbons (Fsp3) is 0.812. The summed E-state index contributed by atoms with van der Waals surface area (Å²) < 4.78 is 2.27. The topological polar surface area (TPSA) is 43.8 Å². The van der Waals surface area contributed by atoms with Crippen molar-refractivity contribution in [3.05, 3.63) is 18.2 Å². The van der Waals surface area contributed by atoms with Crippen LogP contribution in [0, 0.1) is 11.8 Å². The van der Waals surface area contributed by atoms with Gasteiger partial charge in [0.15, 0.2) is 0 Å². The minimum atomic E-state index is 0.117. The Morgan fingerprint density at radius 2 is 2.05 bits per heavy atom. The summed E-state index contributed by atoms with van der Waals surface area (Å²) in [5, 5.41) is 0. The van der Waals surface area contributed by atoms with Crippen molar-refractivity contribution in [2.45, 2.75) is 72.4 Å². The van der Waals surface area contributed by atoms with Crippen LogP contribution in [0.2, 0.25) is 0 Å². The highest BCUT2D eigenvalue weighted by molar-refractivity contribution is 5.04. The number of hydrogen-bond acceptors (Lipinski definition) is 2. The van der Waals surface area contributed by atoms with Gasteiger partial charge < -0.3 is 10.3 Å². The maximum Gasteiger partial charge on any atom is 0.0948 e. The summed E-state index contributed by atoms with van der Waals surface area (Å²) in [6.07, 6.45) is 10.1. The normalized spacial score (nSPS) is 14.8. The molecule has 3 heteroatoms. The van der Waals surface area contributed by atoms with Gasteiger partial charge in [-0.3, -0.25) is 0 Å². The lowest BCUT2D eigenvalue weighted by atomic mass is 9.98. The average molecular weight is 265 g/mol. The van der Waals surface area contributed by atoms with E-state index in [-0.39, 0.29) is 6.04 Å². The average Bonchev–Trinajstić information content (AvgIpc) is 2.81. The highest BCUT2D eigenvalue weighted by Crippen LogP contribution is 2.21. The van der Waals surface area contributed by atoms with Gasteiger partial charge in [0.1, 0.15) is 0 Å². The Bertz CT molecular complexity index is 344. The first-order valence-corrected chi connectivity index (χ1v) is 7.84. The minimum absolute atomic E-state index is 0.117. The zero-order valence-electron chi connectivity index (χ0n) is 13.1. The van der Waals surface area contributed by atoms with Crippen LogP contribution in [0.4, 0.5) is 0 Å². The summed E-state index contributed by atoms with van der Waals surface area (Å²) in [5.74, 6) is 1.37. The van der Waals surface area contributed by atoms with Crippen molar-refractivity contribution in [3.63, 3.8) is 0 Å². The SMILES string of the molecule is CCCCC(CC)Cn1cncc1C(N)CC(C)C. The molecule has 0 spiro atoms. The Morgan fingerprint density at radius 3 is 2.63 bits per heavy atom. The highest BCUT2D eigenvalue weighted by atomic mass is 15.1. The number of imidazole rings is 1. The number of nitrogens with zero attached hydrogens (tertiary/aromatic N) is 2. The van der Waals surface area contributed by atoms with Crippen LogP contribution in [0.25, 0.3) is 0 Å². The van der Waals surface area contributed by atoms with Gasteiger partial charge in [0.05, 0.1) is 12.0 Å². The predicted molar refractivity (Wildman–Crippen MR) is 81.9 cm³/mol. The smallest absolute Gasteiger partial charge is 0.0948 e. The van der Waals surface area contributed by atoms with Gasteiger partial charge in [0.25, 0.3) is 0 Å². The zero-order valence-corrected chi connectivity index (χ0v) is 13.1. The Kier molecular flexibility index (Phi) is 7.14. The van der Waals surface area contributed by atoms with E-state index < -0.39 is 0 Å². The standard InChI is InChI=1S/C16H31N3/c1-5-7-8-14(6-2)11-19-12-18-10-16(19)15(17)9-13(3)4/h10,12-15H,5-9,11,17H2,1-4H3. The molecule has 0 saturated carbocycles. The summed E-state index contributed by atoms with van der Waals surface area (Å²) in [6, 6.07) is 0.117. The molecule has 0 fully saturated rings. The molecule has 0 aromatic carbocycles. The summed E-state index contributed by atoms with van der Waals surface area (Å²) in [5.41, 5.74) is 7.50. The van der Waals surface area contributed by atoms with Crippen molar-refractivity contribution in [1.29, 1.82) is 0 Å². The van der Waals surface area contributed by atoms with Crippen LogP contribution in [0.1, 0.15) is 71.5 Å². The van der Waals surface area contributed by atoms with Gasteiger partial charge in [-0.05, 0) is 24.7 Å². The Morgan fingerprint density at radius 1 is 1.32 bits per heavy atom. The van der Waals surface area contributed by atoms with Gasteiger partial charge in [0, 0.05) is 18.8 Å². The minimum Gasteiger partial charge on any atom is -0.333 e. The molecule has 0 bridgehead atoms. The number of hydrogen-bond donors (Lipinski definition) is 1. The second-order valence-electron chi connectivity index (χ2n) is 6.12. The van der Waals surface area contributed by atoms with E-state index >= 15 is 0 Å². The summed E-state index contributed by atoms with van der Waals surface area (Å²) >= 11 is 0. The quantitative estimate of drug-likeness (QED) is 0.729. The number of rotatable bonds is 9. The molecule has 1 aromatic heterocycles. The molecule has 0 aliphatic carbocycles. The second-order valence-corrected chi connectivity index (χ2v) is 6.12. The molecule has 0 saturated heterocycles. The van der Waals surface area contributed by atoms with Crippen molar-refractivity contribution in [3.8, 4) is 0 Å². The number of aromatic nitrogens is 2. The largest absolute Gasteiger partial charge is 0.333 e. The van der Waals surface area contributed by atoms with Crippen LogP contribution in [0.15, 0.2) is 12.5 Å². The molecular weight excluding hydrogens is 234 g/mol. The third-order valence-corrected chi connectivity index (χ3v) is 3.85. The summed E-state index contributed by atoms with van der Waals surface area (Å²) in [7, 11) is 0. The van der Waals surface area contributed by atoms with Crippen LogP contribution in [-0.2, 0) is 6.54 Å². The van der Waals surface area contributed by atoms with Gasteiger partial charge in [-0.1, -0.05) is 47.0 Å². The molecule has 0 aliphatic heterocycles. The summed E-state index contributed by atoms with van der Waals surface area (Å²) in [6.45, 7) is 10.0. The fourth-order valence-corrected chi connectivity index (χ4v) is 2.62. The molecule has 1 heterocycles. The van der Waals surface area contributed by atoms with Crippen LogP contribution in [-0.4, -0.2) is 9.55 Å². The van der Waals surface area contributed by atoms with E-state index in [2.05, 4.69) is 37.2 Å². The van der Waals surface area contributed by atoms with Crippen molar-refractivity contribution >= 4 is 0 Å². The highest BCUT2D eigenvalue weighted by Gasteiger charge is 2.15. The lowest BCUT2D eigenvalue weighted by Gasteiger charge is -2.20. The first kappa shape index (κ1) is 16.2. The van der Waals surface area contributed by atoms with E-state index in [1.54, 1.807) is 0 Å². The summed E-state index contributed by atoms with van der Waals surface area (Å²) in [4.78, 5) is 4.30. The maximum atomic E-state index is 6.30. The molecule has 2 unspecified atom stereocenters.